The molecule has 1 unspecified atom stereocenters. The van der Waals surface area contributed by atoms with Crippen molar-refractivity contribution in [2.75, 3.05) is 0 Å². The Kier molecular flexibility index (Phi) is 5.59. The Morgan fingerprint density at radius 3 is 2.70 bits per heavy atom. The van der Waals surface area contributed by atoms with Gasteiger partial charge in [-0.05, 0) is 36.6 Å². The van der Waals surface area contributed by atoms with Crippen LogP contribution in [-0.2, 0) is 9.59 Å². The third-order valence-electron chi connectivity index (χ3n) is 3.83. The number of carboxylic acids is 1. The van der Waals surface area contributed by atoms with E-state index in [0.29, 0.717) is 18.8 Å². The predicted molar refractivity (Wildman–Crippen MR) is 78.6 cm³/mol. The van der Waals surface area contributed by atoms with Crippen molar-refractivity contribution in [2.24, 2.45) is 5.92 Å². The summed E-state index contributed by atoms with van der Waals surface area (Å²) in [5.41, 5.74) is 0. The number of thiophene rings is 1. The SMILES string of the molecule is O=C(O)CCCC(=O)NC(c1cccs1)C1CCCC1. The summed E-state index contributed by atoms with van der Waals surface area (Å²) >= 11 is 1.68. The minimum Gasteiger partial charge on any atom is -0.481 e. The van der Waals surface area contributed by atoms with Crippen LogP contribution in [0.15, 0.2) is 17.5 Å². The van der Waals surface area contributed by atoms with E-state index in [0.717, 1.165) is 12.8 Å². The summed E-state index contributed by atoms with van der Waals surface area (Å²) in [6.07, 6.45) is 5.56. The van der Waals surface area contributed by atoms with E-state index in [2.05, 4.69) is 11.4 Å². The topological polar surface area (TPSA) is 66.4 Å². The van der Waals surface area contributed by atoms with Crippen molar-refractivity contribution in [2.45, 2.75) is 51.0 Å². The molecule has 2 rings (SSSR count). The molecule has 4 nitrogen and oxygen atoms in total. The summed E-state index contributed by atoms with van der Waals surface area (Å²) in [4.78, 5) is 23.7. The van der Waals surface area contributed by atoms with E-state index in [1.165, 1.54) is 17.7 Å². The third-order valence-corrected chi connectivity index (χ3v) is 4.79. The van der Waals surface area contributed by atoms with Gasteiger partial charge in [0.05, 0.1) is 6.04 Å². The van der Waals surface area contributed by atoms with Gasteiger partial charge in [0, 0.05) is 17.7 Å². The molecule has 1 atom stereocenters. The molecule has 0 radical (unpaired) electrons. The summed E-state index contributed by atoms with van der Waals surface area (Å²) in [5, 5.41) is 13.8. The molecule has 0 aromatic carbocycles. The molecule has 0 bridgehead atoms. The number of hydrogen-bond acceptors (Lipinski definition) is 3. The van der Waals surface area contributed by atoms with Gasteiger partial charge in [0.25, 0.3) is 0 Å². The maximum atomic E-state index is 12.0. The van der Waals surface area contributed by atoms with Gasteiger partial charge in [0.1, 0.15) is 0 Å². The van der Waals surface area contributed by atoms with Gasteiger partial charge in [-0.1, -0.05) is 18.9 Å². The van der Waals surface area contributed by atoms with Crippen LogP contribution in [0.25, 0.3) is 0 Å². The quantitative estimate of drug-likeness (QED) is 0.810. The molecule has 0 spiro atoms. The highest BCUT2D eigenvalue weighted by molar-refractivity contribution is 7.10. The number of carboxylic acid groups (broad SMARTS) is 1. The fourth-order valence-corrected chi connectivity index (χ4v) is 3.70. The van der Waals surface area contributed by atoms with E-state index in [1.807, 2.05) is 11.4 Å². The molecule has 1 fully saturated rings. The molecule has 5 heteroatoms. The first-order valence-corrected chi connectivity index (χ1v) is 8.09. The van der Waals surface area contributed by atoms with Crippen molar-refractivity contribution in [3.8, 4) is 0 Å². The molecule has 1 aromatic rings. The third kappa shape index (κ3) is 4.34. The summed E-state index contributed by atoms with van der Waals surface area (Å²) in [6.45, 7) is 0. The van der Waals surface area contributed by atoms with Crippen LogP contribution in [0.5, 0.6) is 0 Å². The maximum Gasteiger partial charge on any atom is 0.303 e. The van der Waals surface area contributed by atoms with Crippen molar-refractivity contribution >= 4 is 23.2 Å². The summed E-state index contributed by atoms with van der Waals surface area (Å²) in [6, 6.07) is 4.19. The Balaban J connectivity index is 1.90. The zero-order chi connectivity index (χ0) is 14.4. The molecular formula is C15H21NO3S. The lowest BCUT2D eigenvalue weighted by Gasteiger charge is -2.23. The molecule has 110 valence electrons. The zero-order valence-corrected chi connectivity index (χ0v) is 12.3. The summed E-state index contributed by atoms with van der Waals surface area (Å²) in [5.74, 6) is -0.350. The van der Waals surface area contributed by atoms with E-state index in [1.54, 1.807) is 11.3 Å². The average molecular weight is 295 g/mol. The molecule has 1 amide bonds. The molecular weight excluding hydrogens is 274 g/mol. The molecule has 20 heavy (non-hydrogen) atoms. The second-order valence-corrected chi connectivity index (χ2v) is 6.33. The van der Waals surface area contributed by atoms with Gasteiger partial charge in [0.15, 0.2) is 0 Å². The fourth-order valence-electron chi connectivity index (χ4n) is 2.83. The Hall–Kier alpha value is -1.36. The number of aliphatic carboxylic acids is 1. The lowest BCUT2D eigenvalue weighted by Crippen LogP contribution is -2.32. The van der Waals surface area contributed by atoms with Crippen LogP contribution in [0.2, 0.25) is 0 Å². The van der Waals surface area contributed by atoms with Crippen molar-refractivity contribution in [1.82, 2.24) is 5.32 Å². The first-order valence-electron chi connectivity index (χ1n) is 7.21. The number of rotatable bonds is 7. The van der Waals surface area contributed by atoms with Gasteiger partial charge in [-0.25, -0.2) is 0 Å². The predicted octanol–water partition coefficient (Wildman–Crippen LogP) is 3.35. The van der Waals surface area contributed by atoms with Crippen LogP contribution in [0, 0.1) is 5.92 Å². The minimum atomic E-state index is -0.844. The number of carbonyl (C=O) groups is 2. The molecule has 1 aliphatic carbocycles. The van der Waals surface area contributed by atoms with E-state index < -0.39 is 5.97 Å². The Bertz CT molecular complexity index is 438. The van der Waals surface area contributed by atoms with Crippen molar-refractivity contribution < 1.29 is 14.7 Å². The van der Waals surface area contributed by atoms with Gasteiger partial charge in [-0.2, -0.15) is 0 Å². The lowest BCUT2D eigenvalue weighted by molar-refractivity contribution is -0.137. The maximum absolute atomic E-state index is 12.0. The van der Waals surface area contributed by atoms with Crippen LogP contribution in [0.1, 0.15) is 55.9 Å². The van der Waals surface area contributed by atoms with E-state index >= 15 is 0 Å². The van der Waals surface area contributed by atoms with Crippen LogP contribution in [0.4, 0.5) is 0 Å². The van der Waals surface area contributed by atoms with E-state index in [-0.39, 0.29) is 18.4 Å². The highest BCUT2D eigenvalue weighted by Gasteiger charge is 2.28. The van der Waals surface area contributed by atoms with Crippen LogP contribution in [0.3, 0.4) is 0 Å². The number of nitrogens with one attached hydrogen (secondary N) is 1. The van der Waals surface area contributed by atoms with Crippen molar-refractivity contribution in [3.63, 3.8) is 0 Å². The van der Waals surface area contributed by atoms with Gasteiger partial charge in [0.2, 0.25) is 5.91 Å². The summed E-state index contributed by atoms with van der Waals surface area (Å²) in [7, 11) is 0. The standard InChI is InChI=1S/C15H21NO3S/c17-13(8-3-9-14(18)19)16-15(11-5-1-2-6-11)12-7-4-10-20-12/h4,7,10-11,15H,1-3,5-6,8-9H2,(H,16,17)(H,18,19). The summed E-state index contributed by atoms with van der Waals surface area (Å²) < 4.78 is 0. The first-order chi connectivity index (χ1) is 9.66. The fraction of sp³-hybridized carbons (Fsp3) is 0.600. The molecule has 2 N–H and O–H groups in total. The smallest absolute Gasteiger partial charge is 0.303 e. The number of carbonyl (C=O) groups excluding carboxylic acids is 1. The second-order valence-electron chi connectivity index (χ2n) is 5.35. The molecule has 0 aliphatic heterocycles. The molecule has 1 aliphatic rings. The minimum absolute atomic E-state index is 0.0310. The van der Waals surface area contributed by atoms with Crippen molar-refractivity contribution in [1.29, 1.82) is 0 Å². The van der Waals surface area contributed by atoms with E-state index in [4.69, 9.17) is 5.11 Å². The highest BCUT2D eigenvalue weighted by Crippen LogP contribution is 2.37. The van der Waals surface area contributed by atoms with Gasteiger partial charge >= 0.3 is 5.97 Å². The monoisotopic (exact) mass is 295 g/mol. The highest BCUT2D eigenvalue weighted by atomic mass is 32.1. The Morgan fingerprint density at radius 2 is 2.10 bits per heavy atom. The van der Waals surface area contributed by atoms with Gasteiger partial charge in [-0.15, -0.1) is 11.3 Å². The molecule has 0 saturated heterocycles. The molecule has 1 aromatic heterocycles. The van der Waals surface area contributed by atoms with E-state index in [9.17, 15) is 9.59 Å². The van der Waals surface area contributed by atoms with Gasteiger partial charge < -0.3 is 10.4 Å². The first kappa shape index (κ1) is 15.0. The molecule has 1 saturated carbocycles. The van der Waals surface area contributed by atoms with Crippen LogP contribution < -0.4 is 5.32 Å². The zero-order valence-electron chi connectivity index (χ0n) is 11.5. The van der Waals surface area contributed by atoms with Crippen molar-refractivity contribution in [3.05, 3.63) is 22.4 Å². The normalized spacial score (nSPS) is 17.0. The average Bonchev–Trinajstić information content (AvgIpc) is 3.09. The van der Waals surface area contributed by atoms with Crippen LogP contribution in [-0.4, -0.2) is 17.0 Å². The second kappa shape index (κ2) is 7.43. The van der Waals surface area contributed by atoms with Crippen LogP contribution >= 0.6 is 11.3 Å². The van der Waals surface area contributed by atoms with Gasteiger partial charge in [-0.3, -0.25) is 9.59 Å². The number of amides is 1. The Morgan fingerprint density at radius 1 is 1.35 bits per heavy atom. The largest absolute Gasteiger partial charge is 0.481 e. The molecule has 1 heterocycles. The Labute approximate surface area is 123 Å². The number of hydrogen-bond donors (Lipinski definition) is 2. The lowest BCUT2D eigenvalue weighted by atomic mass is 9.96.